The van der Waals surface area contributed by atoms with Crippen LogP contribution in [0.1, 0.15) is 57.9 Å². The highest BCUT2D eigenvalue weighted by Gasteiger charge is 2.36. The Kier molecular flexibility index (Phi) is 13.6. The number of nitrogens with one attached hydrogen (secondary N) is 1. The molecule has 0 saturated carbocycles. The Hall–Kier alpha value is -5.38. The van der Waals surface area contributed by atoms with Crippen molar-refractivity contribution in [2.75, 3.05) is 20.1 Å². The van der Waals surface area contributed by atoms with E-state index in [4.69, 9.17) is 40.2 Å². The zero-order valence-electron chi connectivity index (χ0n) is 28.9. The molecular weight excluding hydrogens is 740 g/mol. The molecule has 6 aromatic rings. The number of hydrazine groups is 1. The average Bonchev–Trinajstić information content (AvgIpc) is 3.92. The van der Waals surface area contributed by atoms with Gasteiger partial charge in [-0.3, -0.25) is 10.2 Å². The normalized spacial score (nSPS) is 11.6. The first-order valence-electron chi connectivity index (χ1n) is 15.8. The van der Waals surface area contributed by atoms with Gasteiger partial charge in [0.1, 0.15) is 11.5 Å². The molecule has 280 valence electrons. The maximum Gasteiger partial charge on any atom is 0.416 e. The van der Waals surface area contributed by atoms with E-state index in [1.807, 2.05) is 0 Å². The van der Waals surface area contributed by atoms with Crippen LogP contribution in [-0.2, 0) is 6.18 Å². The van der Waals surface area contributed by atoms with Crippen molar-refractivity contribution in [3.05, 3.63) is 107 Å². The number of nitrogens with zero attached hydrogens (tertiary/aromatic N) is 4. The summed E-state index contributed by atoms with van der Waals surface area (Å²) in [4.78, 5) is 19.5. The Balaban J connectivity index is 0.000000279. The molecule has 3 aromatic heterocycles. The summed E-state index contributed by atoms with van der Waals surface area (Å²) in [5, 5.41) is 8.18. The number of alkyl halides is 4. The van der Waals surface area contributed by atoms with Gasteiger partial charge in [0.2, 0.25) is 11.8 Å². The third-order valence-electron chi connectivity index (χ3n) is 7.82. The van der Waals surface area contributed by atoms with Crippen LogP contribution in [0.3, 0.4) is 0 Å². The van der Waals surface area contributed by atoms with Crippen molar-refractivity contribution in [1.29, 1.82) is 0 Å². The van der Waals surface area contributed by atoms with Crippen molar-refractivity contribution in [1.82, 2.24) is 25.6 Å². The molecule has 0 saturated heterocycles. The fourth-order valence-electron chi connectivity index (χ4n) is 5.36. The second-order valence-corrected chi connectivity index (χ2v) is 11.6. The van der Waals surface area contributed by atoms with Crippen LogP contribution < -0.4 is 20.7 Å². The summed E-state index contributed by atoms with van der Waals surface area (Å²) in [7, 11) is 3.04. The average molecular weight is 776 g/mol. The summed E-state index contributed by atoms with van der Waals surface area (Å²) in [6.45, 7) is 3.49. The SMILES string of the molecule is COc1cc(-c2nnc(C(CCCCl)c3ccccc3C(F)(F)F)o2)ccc1-c1cnc(C)o1.COc1cc(C(=O)NN)ccc1-c1cnc(C)o1.Cl. The van der Waals surface area contributed by atoms with E-state index in [9.17, 15) is 18.0 Å². The number of rotatable bonds is 11. The third-order valence-corrected chi connectivity index (χ3v) is 8.09. The summed E-state index contributed by atoms with van der Waals surface area (Å²) in [5.74, 6) is 7.72. The molecule has 3 N–H and O–H groups in total. The summed E-state index contributed by atoms with van der Waals surface area (Å²) >= 11 is 5.84. The van der Waals surface area contributed by atoms with Gasteiger partial charge in [-0.1, -0.05) is 18.2 Å². The van der Waals surface area contributed by atoms with Crippen LogP contribution in [0.2, 0.25) is 0 Å². The molecule has 17 heteroatoms. The second kappa shape index (κ2) is 17.9. The van der Waals surface area contributed by atoms with Crippen molar-refractivity contribution in [2.45, 2.75) is 38.8 Å². The van der Waals surface area contributed by atoms with E-state index in [0.717, 1.165) is 11.6 Å². The van der Waals surface area contributed by atoms with Gasteiger partial charge in [0.25, 0.3) is 5.91 Å². The first-order chi connectivity index (χ1) is 25.0. The van der Waals surface area contributed by atoms with Crippen molar-refractivity contribution in [2.24, 2.45) is 5.84 Å². The van der Waals surface area contributed by atoms with Crippen LogP contribution >= 0.6 is 24.0 Å². The van der Waals surface area contributed by atoms with Gasteiger partial charge >= 0.3 is 6.18 Å². The number of benzene rings is 3. The predicted octanol–water partition coefficient (Wildman–Crippen LogP) is 8.56. The van der Waals surface area contributed by atoms with E-state index in [2.05, 4.69) is 25.6 Å². The summed E-state index contributed by atoms with van der Waals surface area (Å²) in [6, 6.07) is 15.6. The van der Waals surface area contributed by atoms with Crippen LogP contribution in [0.4, 0.5) is 13.2 Å². The molecule has 0 radical (unpaired) electrons. The maximum absolute atomic E-state index is 13.7. The number of hydrogen-bond donors (Lipinski definition) is 2. The first-order valence-corrected chi connectivity index (χ1v) is 16.3. The van der Waals surface area contributed by atoms with E-state index in [1.54, 1.807) is 68.7 Å². The summed E-state index contributed by atoms with van der Waals surface area (Å²) in [5.41, 5.74) is 3.78. The van der Waals surface area contributed by atoms with Gasteiger partial charge in [0.15, 0.2) is 23.3 Å². The number of aryl methyl sites for hydroxylation is 2. The van der Waals surface area contributed by atoms with E-state index in [1.165, 1.54) is 26.4 Å². The van der Waals surface area contributed by atoms with E-state index >= 15 is 0 Å². The van der Waals surface area contributed by atoms with Crippen molar-refractivity contribution in [3.8, 4) is 45.6 Å². The molecule has 12 nitrogen and oxygen atoms in total. The van der Waals surface area contributed by atoms with E-state index in [-0.39, 0.29) is 35.7 Å². The molecule has 0 aliphatic rings. The molecule has 1 unspecified atom stereocenters. The fraction of sp³-hybridized carbons (Fsp3) is 0.250. The van der Waals surface area contributed by atoms with Gasteiger partial charge in [-0.15, -0.1) is 34.2 Å². The number of oxazole rings is 2. The van der Waals surface area contributed by atoms with Gasteiger partial charge in [0, 0.05) is 30.9 Å². The molecule has 0 spiro atoms. The molecule has 53 heavy (non-hydrogen) atoms. The Morgan fingerprint density at radius 1 is 0.887 bits per heavy atom. The lowest BCUT2D eigenvalue weighted by molar-refractivity contribution is -0.138. The molecular formula is C36H35Cl2F3N6O6. The van der Waals surface area contributed by atoms with E-state index in [0.29, 0.717) is 70.2 Å². The van der Waals surface area contributed by atoms with E-state index < -0.39 is 17.7 Å². The first kappa shape index (κ1) is 40.4. The van der Waals surface area contributed by atoms with Gasteiger partial charge in [-0.25, -0.2) is 15.8 Å². The number of hydrogen-bond acceptors (Lipinski definition) is 11. The lowest BCUT2D eigenvalue weighted by atomic mass is 9.90. The lowest BCUT2D eigenvalue weighted by Gasteiger charge is -2.18. The Bertz CT molecular complexity index is 2130. The van der Waals surface area contributed by atoms with Crippen LogP contribution in [-0.4, -0.2) is 46.2 Å². The number of methoxy groups -OCH3 is 2. The molecule has 0 aliphatic heterocycles. The molecule has 3 aromatic carbocycles. The monoisotopic (exact) mass is 774 g/mol. The predicted molar refractivity (Wildman–Crippen MR) is 192 cm³/mol. The number of halogens is 5. The molecule has 1 amide bonds. The standard InChI is InChI=1S/C24H21ClF3N3O3.C12H13N3O3.ClH/c1-14-29-13-21(33-14)18-10-9-15(12-20(18)32-2)22-30-31-23(34-22)17(7-5-11-25)16-6-3-4-8-19(16)24(26,27)28;1-7-14-6-11(18-7)9-4-3-8(12(16)15-13)5-10(9)17-2;/h3-4,6,8-10,12-13,17H,5,7,11H2,1-2H3;3-6H,13H2,1-2H3,(H,15,16);1H. The second-order valence-electron chi connectivity index (χ2n) is 11.2. The van der Waals surface area contributed by atoms with Gasteiger partial charge < -0.3 is 22.7 Å². The molecule has 1 atom stereocenters. The Morgan fingerprint density at radius 3 is 2.04 bits per heavy atom. The number of ether oxygens (including phenoxy) is 2. The highest BCUT2D eigenvalue weighted by atomic mass is 35.5. The molecule has 3 heterocycles. The third kappa shape index (κ3) is 9.54. The van der Waals surface area contributed by atoms with Crippen LogP contribution in [0.15, 0.2) is 86.3 Å². The number of amides is 1. The zero-order valence-corrected chi connectivity index (χ0v) is 30.4. The molecule has 0 bridgehead atoms. The van der Waals surface area contributed by atoms with Crippen LogP contribution in [0, 0.1) is 13.8 Å². The maximum atomic E-state index is 13.7. The zero-order chi connectivity index (χ0) is 37.4. The largest absolute Gasteiger partial charge is 0.496 e. The number of aromatic nitrogens is 4. The minimum absolute atomic E-state index is 0. The Labute approximate surface area is 313 Å². The Morgan fingerprint density at radius 2 is 1.49 bits per heavy atom. The van der Waals surface area contributed by atoms with Gasteiger partial charge in [0.05, 0.1) is 49.2 Å². The number of carbonyl (C=O) groups excluding carboxylic acids is 1. The quantitative estimate of drug-likeness (QED) is 0.0561. The number of nitrogens with two attached hydrogens (primary N) is 1. The lowest BCUT2D eigenvalue weighted by Crippen LogP contribution is -2.29. The highest BCUT2D eigenvalue weighted by molar-refractivity contribution is 6.17. The fourth-order valence-corrected chi connectivity index (χ4v) is 5.52. The molecule has 6 rings (SSSR count). The summed E-state index contributed by atoms with van der Waals surface area (Å²) < 4.78 is 68.6. The number of nitrogen functional groups attached to an aromatic ring is 1. The molecule has 0 fully saturated rings. The topological polar surface area (TPSA) is 165 Å². The van der Waals surface area contributed by atoms with Crippen molar-refractivity contribution in [3.63, 3.8) is 0 Å². The van der Waals surface area contributed by atoms with Crippen LogP contribution in [0.25, 0.3) is 34.1 Å². The smallest absolute Gasteiger partial charge is 0.416 e. The minimum atomic E-state index is -4.51. The van der Waals surface area contributed by atoms with Gasteiger partial charge in [-0.05, 0) is 60.9 Å². The van der Waals surface area contributed by atoms with Crippen LogP contribution in [0.5, 0.6) is 11.5 Å². The van der Waals surface area contributed by atoms with Crippen molar-refractivity contribution >= 4 is 29.9 Å². The van der Waals surface area contributed by atoms with Gasteiger partial charge in [-0.2, -0.15) is 13.2 Å². The number of carbonyl (C=O) groups is 1. The van der Waals surface area contributed by atoms with Crippen molar-refractivity contribution < 1.29 is 40.7 Å². The minimum Gasteiger partial charge on any atom is -0.496 e. The highest BCUT2D eigenvalue weighted by Crippen LogP contribution is 2.40. The molecule has 0 aliphatic carbocycles. The summed E-state index contributed by atoms with van der Waals surface area (Å²) in [6.07, 6.45) is -0.505.